The lowest BCUT2D eigenvalue weighted by Crippen LogP contribution is -2.45. The minimum Gasteiger partial charge on any atom is -0.481 e. The third-order valence-electron chi connectivity index (χ3n) is 2.82. The molecule has 0 spiro atoms. The van der Waals surface area contributed by atoms with Gasteiger partial charge in [-0.3, -0.25) is 4.79 Å². The molecule has 1 aromatic rings. The van der Waals surface area contributed by atoms with Crippen LogP contribution in [0.15, 0.2) is 28.7 Å². The van der Waals surface area contributed by atoms with Crippen LogP contribution >= 0.6 is 28.3 Å². The van der Waals surface area contributed by atoms with E-state index in [9.17, 15) is 4.79 Å². The molecule has 2 N–H and O–H groups in total. The van der Waals surface area contributed by atoms with E-state index >= 15 is 0 Å². The highest BCUT2D eigenvalue weighted by atomic mass is 79.9. The maximum Gasteiger partial charge on any atom is 0.263 e. The fourth-order valence-electron chi connectivity index (χ4n) is 1.43. The molecule has 0 radical (unpaired) electrons. The van der Waals surface area contributed by atoms with E-state index in [1.54, 1.807) is 18.9 Å². The molecular weight excluding hydrogens is 332 g/mol. The number of halogens is 2. The molecule has 1 rings (SSSR count). The lowest BCUT2D eigenvalue weighted by molar-refractivity contribution is -0.138. The molecule has 0 bridgehead atoms. The van der Waals surface area contributed by atoms with Gasteiger partial charge in [0.15, 0.2) is 6.10 Å². The molecule has 2 atom stereocenters. The van der Waals surface area contributed by atoms with Gasteiger partial charge < -0.3 is 15.4 Å². The molecule has 0 saturated heterocycles. The van der Waals surface area contributed by atoms with Crippen molar-refractivity contribution >= 4 is 34.2 Å². The summed E-state index contributed by atoms with van der Waals surface area (Å²) < 4.78 is 6.57. The van der Waals surface area contributed by atoms with Crippen molar-refractivity contribution in [3.05, 3.63) is 28.7 Å². The summed E-state index contributed by atoms with van der Waals surface area (Å²) >= 11 is 3.35. The summed E-state index contributed by atoms with van der Waals surface area (Å²) in [6.07, 6.45) is -0.523. The fraction of sp³-hybridized carbons (Fsp3) is 0.462. The van der Waals surface area contributed by atoms with Crippen LogP contribution in [-0.4, -0.2) is 36.5 Å². The summed E-state index contributed by atoms with van der Waals surface area (Å²) in [6, 6.07) is 7.39. The van der Waals surface area contributed by atoms with Gasteiger partial charge in [0, 0.05) is 24.1 Å². The number of amides is 1. The summed E-state index contributed by atoms with van der Waals surface area (Å²) in [7, 11) is 1.74. The van der Waals surface area contributed by atoms with Gasteiger partial charge in [0.05, 0.1) is 0 Å². The van der Waals surface area contributed by atoms with Gasteiger partial charge in [-0.05, 0) is 38.1 Å². The fourth-order valence-corrected chi connectivity index (χ4v) is 1.69. The zero-order chi connectivity index (χ0) is 13.7. The van der Waals surface area contributed by atoms with Gasteiger partial charge in [0.25, 0.3) is 5.91 Å². The lowest BCUT2D eigenvalue weighted by atomic mass is 10.2. The van der Waals surface area contributed by atoms with E-state index in [-0.39, 0.29) is 24.4 Å². The Balaban J connectivity index is 0.00000324. The van der Waals surface area contributed by atoms with Crippen LogP contribution in [0.2, 0.25) is 0 Å². The third-order valence-corrected chi connectivity index (χ3v) is 3.35. The van der Waals surface area contributed by atoms with Crippen molar-refractivity contribution < 1.29 is 9.53 Å². The van der Waals surface area contributed by atoms with E-state index in [1.165, 1.54) is 0 Å². The van der Waals surface area contributed by atoms with Gasteiger partial charge in [0.1, 0.15) is 5.75 Å². The maximum absolute atomic E-state index is 12.1. The van der Waals surface area contributed by atoms with Crippen LogP contribution in [0.3, 0.4) is 0 Å². The highest BCUT2D eigenvalue weighted by Crippen LogP contribution is 2.17. The molecule has 1 amide bonds. The number of carbonyl (C=O) groups is 1. The number of nitrogens with two attached hydrogens (primary N) is 1. The van der Waals surface area contributed by atoms with Crippen molar-refractivity contribution in [2.24, 2.45) is 5.73 Å². The Morgan fingerprint density at radius 3 is 2.37 bits per heavy atom. The van der Waals surface area contributed by atoms with E-state index in [2.05, 4.69) is 15.9 Å². The molecule has 0 aliphatic rings. The topological polar surface area (TPSA) is 55.6 Å². The monoisotopic (exact) mass is 350 g/mol. The second kappa shape index (κ2) is 8.40. The molecule has 4 nitrogen and oxygen atoms in total. The molecule has 1 aromatic carbocycles. The van der Waals surface area contributed by atoms with Crippen molar-refractivity contribution in [1.29, 1.82) is 0 Å². The SMILES string of the molecule is CC(Oc1ccc(Br)cc1)C(=O)N(C)C(C)CN.Cl. The molecule has 0 aliphatic carbocycles. The Morgan fingerprint density at radius 2 is 1.89 bits per heavy atom. The second-order valence-corrected chi connectivity index (χ2v) is 5.16. The number of hydrogen-bond acceptors (Lipinski definition) is 3. The van der Waals surface area contributed by atoms with Gasteiger partial charge in [0.2, 0.25) is 0 Å². The number of hydrogen-bond donors (Lipinski definition) is 1. The van der Waals surface area contributed by atoms with E-state index in [4.69, 9.17) is 10.5 Å². The van der Waals surface area contributed by atoms with Crippen LogP contribution in [0.1, 0.15) is 13.8 Å². The smallest absolute Gasteiger partial charge is 0.263 e. The van der Waals surface area contributed by atoms with Crippen molar-refractivity contribution in [3.63, 3.8) is 0 Å². The average Bonchev–Trinajstić information content (AvgIpc) is 2.38. The van der Waals surface area contributed by atoms with Crippen molar-refractivity contribution in [1.82, 2.24) is 4.90 Å². The molecular formula is C13H20BrClN2O2. The molecule has 0 aromatic heterocycles. The standard InChI is InChI=1S/C13H19BrN2O2.ClH/c1-9(8-15)16(3)13(17)10(2)18-12-6-4-11(14)5-7-12;/h4-7,9-10H,8,15H2,1-3H3;1H. The summed E-state index contributed by atoms with van der Waals surface area (Å²) in [4.78, 5) is 13.7. The second-order valence-electron chi connectivity index (χ2n) is 4.25. The molecule has 0 saturated carbocycles. The zero-order valence-corrected chi connectivity index (χ0v) is 13.7. The van der Waals surface area contributed by atoms with Crippen molar-refractivity contribution in [3.8, 4) is 5.75 Å². The highest BCUT2D eigenvalue weighted by molar-refractivity contribution is 9.10. The predicted octanol–water partition coefficient (Wildman–Crippen LogP) is 2.44. The zero-order valence-electron chi connectivity index (χ0n) is 11.3. The number of carbonyl (C=O) groups excluding carboxylic acids is 1. The predicted molar refractivity (Wildman–Crippen MR) is 82.8 cm³/mol. The first-order valence-corrected chi connectivity index (χ1v) is 6.64. The van der Waals surface area contributed by atoms with Crippen LogP contribution in [0, 0.1) is 0 Å². The first-order valence-electron chi connectivity index (χ1n) is 5.84. The van der Waals surface area contributed by atoms with Crippen molar-refractivity contribution in [2.45, 2.75) is 26.0 Å². The van der Waals surface area contributed by atoms with Gasteiger partial charge in [-0.2, -0.15) is 0 Å². The average molecular weight is 352 g/mol. The van der Waals surface area contributed by atoms with E-state index in [0.717, 1.165) is 4.47 Å². The largest absolute Gasteiger partial charge is 0.481 e. The Bertz CT molecular complexity index is 400. The van der Waals surface area contributed by atoms with Gasteiger partial charge in [-0.25, -0.2) is 0 Å². The van der Waals surface area contributed by atoms with Crippen LogP contribution < -0.4 is 10.5 Å². The number of nitrogens with zero attached hydrogens (tertiary/aromatic N) is 1. The molecule has 19 heavy (non-hydrogen) atoms. The summed E-state index contributed by atoms with van der Waals surface area (Å²) in [5.41, 5.74) is 5.54. The summed E-state index contributed by atoms with van der Waals surface area (Å²) in [5.74, 6) is 0.601. The molecule has 6 heteroatoms. The van der Waals surface area contributed by atoms with Crippen LogP contribution in [0.4, 0.5) is 0 Å². The number of ether oxygens (including phenoxy) is 1. The van der Waals surface area contributed by atoms with Gasteiger partial charge in [-0.15, -0.1) is 12.4 Å². The molecule has 0 fully saturated rings. The maximum atomic E-state index is 12.1. The molecule has 108 valence electrons. The molecule has 2 unspecified atom stereocenters. The summed E-state index contributed by atoms with van der Waals surface area (Å²) in [5, 5.41) is 0. The lowest BCUT2D eigenvalue weighted by Gasteiger charge is -2.26. The highest BCUT2D eigenvalue weighted by Gasteiger charge is 2.22. The quantitative estimate of drug-likeness (QED) is 0.886. The first-order chi connectivity index (χ1) is 8.45. The molecule has 0 heterocycles. The van der Waals surface area contributed by atoms with E-state index in [0.29, 0.717) is 12.3 Å². The van der Waals surface area contributed by atoms with E-state index in [1.807, 2.05) is 31.2 Å². The minimum atomic E-state index is -0.523. The Labute approximate surface area is 128 Å². The Hall–Kier alpha value is -0.780. The van der Waals surface area contributed by atoms with Gasteiger partial charge >= 0.3 is 0 Å². The first kappa shape index (κ1) is 18.2. The summed E-state index contributed by atoms with van der Waals surface area (Å²) in [6.45, 7) is 4.08. The van der Waals surface area contributed by atoms with Crippen molar-refractivity contribution in [2.75, 3.05) is 13.6 Å². The van der Waals surface area contributed by atoms with Gasteiger partial charge in [-0.1, -0.05) is 15.9 Å². The minimum absolute atomic E-state index is 0. The number of likely N-dealkylation sites (N-methyl/N-ethyl adjacent to an activating group) is 1. The van der Waals surface area contributed by atoms with E-state index < -0.39 is 6.10 Å². The number of benzene rings is 1. The Morgan fingerprint density at radius 1 is 1.37 bits per heavy atom. The van der Waals surface area contributed by atoms with Crippen LogP contribution in [0.25, 0.3) is 0 Å². The third kappa shape index (κ3) is 5.38. The van der Waals surface area contributed by atoms with Crippen LogP contribution in [0.5, 0.6) is 5.75 Å². The normalized spacial score (nSPS) is 13.1. The van der Waals surface area contributed by atoms with Crippen LogP contribution in [-0.2, 0) is 4.79 Å². The number of rotatable bonds is 5. The molecule has 0 aliphatic heterocycles. The Kier molecular flexibility index (Phi) is 8.06.